The van der Waals surface area contributed by atoms with Crippen LogP contribution in [0.1, 0.15) is 12.5 Å². The molecule has 0 fully saturated rings. The summed E-state index contributed by atoms with van der Waals surface area (Å²) in [7, 11) is 0. The lowest BCUT2D eigenvalue weighted by Crippen LogP contribution is -2.13. The molecule has 90 valence electrons. The second kappa shape index (κ2) is 5.21. The molecule has 0 spiro atoms. The summed E-state index contributed by atoms with van der Waals surface area (Å²) in [5, 5.41) is 3.19. The number of halogens is 2. The predicted octanol–water partition coefficient (Wildman–Crippen LogP) is 3.68. The molecule has 0 radical (unpaired) electrons. The van der Waals surface area contributed by atoms with Gasteiger partial charge in [0.25, 0.3) is 0 Å². The van der Waals surface area contributed by atoms with Crippen LogP contribution in [0.2, 0.25) is 10.0 Å². The third kappa shape index (κ3) is 2.54. The second-order valence-corrected chi connectivity index (χ2v) is 5.08. The molecule has 1 atom stereocenters. The van der Waals surface area contributed by atoms with Crippen LogP contribution in [0.4, 0.5) is 0 Å². The molecule has 1 heterocycles. The Kier molecular flexibility index (Phi) is 3.87. The Bertz CT molecular complexity index is 540. The molecule has 1 aromatic heterocycles. The first-order valence-corrected chi connectivity index (χ1v) is 6.29. The summed E-state index contributed by atoms with van der Waals surface area (Å²) in [6.45, 7) is 2.77. The van der Waals surface area contributed by atoms with Crippen molar-refractivity contribution in [1.29, 1.82) is 0 Å². The van der Waals surface area contributed by atoms with Crippen molar-refractivity contribution in [2.75, 3.05) is 6.54 Å². The predicted molar refractivity (Wildman–Crippen MR) is 73.7 cm³/mol. The number of fused-ring (bicyclic) bond motifs is 1. The van der Waals surface area contributed by atoms with Gasteiger partial charge in [0.1, 0.15) is 0 Å². The highest BCUT2D eigenvalue weighted by Crippen LogP contribution is 2.33. The van der Waals surface area contributed by atoms with Crippen LogP contribution in [-0.2, 0) is 6.42 Å². The van der Waals surface area contributed by atoms with E-state index in [0.717, 1.165) is 22.8 Å². The first kappa shape index (κ1) is 12.6. The van der Waals surface area contributed by atoms with E-state index in [4.69, 9.17) is 28.9 Å². The van der Waals surface area contributed by atoms with Gasteiger partial charge in [0.2, 0.25) is 0 Å². The van der Waals surface area contributed by atoms with Crippen molar-refractivity contribution in [1.82, 2.24) is 4.98 Å². The zero-order valence-electron chi connectivity index (χ0n) is 9.58. The van der Waals surface area contributed by atoms with E-state index < -0.39 is 0 Å². The van der Waals surface area contributed by atoms with Crippen LogP contribution >= 0.6 is 23.2 Å². The average Bonchev–Trinajstić information content (AvgIpc) is 2.35. The zero-order chi connectivity index (χ0) is 12.4. The lowest BCUT2D eigenvalue weighted by molar-refractivity contribution is 0.595. The van der Waals surface area contributed by atoms with Gasteiger partial charge in [-0.05, 0) is 36.6 Å². The summed E-state index contributed by atoms with van der Waals surface area (Å²) >= 11 is 12.3. The van der Waals surface area contributed by atoms with Gasteiger partial charge in [0.15, 0.2) is 0 Å². The van der Waals surface area contributed by atoms with Gasteiger partial charge in [0, 0.05) is 23.2 Å². The fraction of sp³-hybridized carbons (Fsp3) is 0.308. The van der Waals surface area contributed by atoms with Crippen molar-refractivity contribution in [3.05, 3.63) is 40.1 Å². The van der Waals surface area contributed by atoms with E-state index in [1.165, 1.54) is 0 Å². The van der Waals surface area contributed by atoms with Gasteiger partial charge >= 0.3 is 0 Å². The molecule has 0 amide bonds. The lowest BCUT2D eigenvalue weighted by atomic mass is 9.97. The minimum atomic E-state index is 0.413. The maximum Gasteiger partial charge on any atom is 0.0671 e. The maximum absolute atomic E-state index is 6.18. The summed E-state index contributed by atoms with van der Waals surface area (Å²) in [6, 6.07) is 3.81. The lowest BCUT2D eigenvalue weighted by Gasteiger charge is -2.12. The van der Waals surface area contributed by atoms with Gasteiger partial charge in [-0.25, -0.2) is 0 Å². The third-order valence-electron chi connectivity index (χ3n) is 2.88. The smallest absolute Gasteiger partial charge is 0.0671 e. The van der Waals surface area contributed by atoms with Crippen molar-refractivity contribution >= 4 is 34.0 Å². The highest BCUT2D eigenvalue weighted by Gasteiger charge is 2.11. The van der Waals surface area contributed by atoms with Crippen LogP contribution in [0.3, 0.4) is 0 Å². The van der Waals surface area contributed by atoms with Gasteiger partial charge in [-0.2, -0.15) is 0 Å². The highest BCUT2D eigenvalue weighted by atomic mass is 35.5. The summed E-state index contributed by atoms with van der Waals surface area (Å²) in [6.07, 6.45) is 4.44. The van der Waals surface area contributed by atoms with Crippen LogP contribution in [-0.4, -0.2) is 11.5 Å². The monoisotopic (exact) mass is 268 g/mol. The van der Waals surface area contributed by atoms with Crippen LogP contribution in [0.25, 0.3) is 10.8 Å². The highest BCUT2D eigenvalue weighted by molar-refractivity contribution is 6.45. The maximum atomic E-state index is 6.18. The molecule has 0 saturated carbocycles. The number of hydrogen-bond acceptors (Lipinski definition) is 2. The number of pyridine rings is 1. The van der Waals surface area contributed by atoms with E-state index in [-0.39, 0.29) is 0 Å². The molecule has 1 aromatic carbocycles. The number of rotatable bonds is 3. The molecule has 2 N–H and O–H groups in total. The standard InChI is InChI=1S/C13H14Cl2N2/c1-8(6-16)4-9-5-12(14)13(15)10-2-3-17-7-11(9)10/h2-3,5,7-8H,4,6,16H2,1H3. The molecule has 0 saturated heterocycles. The molecule has 2 nitrogen and oxygen atoms in total. The average molecular weight is 269 g/mol. The van der Waals surface area contributed by atoms with Crippen LogP contribution < -0.4 is 5.73 Å². The first-order valence-electron chi connectivity index (χ1n) is 5.54. The van der Waals surface area contributed by atoms with E-state index in [1.54, 1.807) is 6.20 Å². The molecule has 2 rings (SSSR count). The van der Waals surface area contributed by atoms with Gasteiger partial charge in [-0.1, -0.05) is 30.1 Å². The molecular formula is C13H14Cl2N2. The van der Waals surface area contributed by atoms with Gasteiger partial charge in [0.05, 0.1) is 10.0 Å². The van der Waals surface area contributed by atoms with E-state index >= 15 is 0 Å². The molecule has 0 aliphatic rings. The number of benzene rings is 1. The molecule has 0 aliphatic heterocycles. The number of aromatic nitrogens is 1. The van der Waals surface area contributed by atoms with Gasteiger partial charge in [-0.15, -0.1) is 0 Å². The van der Waals surface area contributed by atoms with E-state index in [9.17, 15) is 0 Å². The van der Waals surface area contributed by atoms with E-state index in [2.05, 4.69) is 11.9 Å². The largest absolute Gasteiger partial charge is 0.330 e. The topological polar surface area (TPSA) is 38.9 Å². The van der Waals surface area contributed by atoms with Crippen LogP contribution in [0.15, 0.2) is 24.5 Å². The van der Waals surface area contributed by atoms with Crippen molar-refractivity contribution in [3.8, 4) is 0 Å². The van der Waals surface area contributed by atoms with Crippen molar-refractivity contribution in [2.45, 2.75) is 13.3 Å². The Hall–Kier alpha value is -0.830. The van der Waals surface area contributed by atoms with Crippen molar-refractivity contribution in [2.24, 2.45) is 11.7 Å². The second-order valence-electron chi connectivity index (χ2n) is 4.30. The quantitative estimate of drug-likeness (QED) is 0.923. The van der Waals surface area contributed by atoms with E-state index in [1.807, 2.05) is 18.3 Å². The third-order valence-corrected chi connectivity index (χ3v) is 3.69. The first-order chi connectivity index (χ1) is 8.13. The SMILES string of the molecule is CC(CN)Cc1cc(Cl)c(Cl)c2ccncc12. The fourth-order valence-corrected chi connectivity index (χ4v) is 2.34. The van der Waals surface area contributed by atoms with Crippen LogP contribution in [0, 0.1) is 5.92 Å². The normalized spacial score (nSPS) is 12.9. The molecule has 2 aromatic rings. The van der Waals surface area contributed by atoms with Crippen LogP contribution in [0.5, 0.6) is 0 Å². The van der Waals surface area contributed by atoms with Crippen molar-refractivity contribution < 1.29 is 0 Å². The number of hydrogen-bond donors (Lipinski definition) is 1. The Morgan fingerprint density at radius 2 is 2.12 bits per heavy atom. The molecule has 1 unspecified atom stereocenters. The van der Waals surface area contributed by atoms with Gasteiger partial charge < -0.3 is 5.73 Å². The summed E-state index contributed by atoms with van der Waals surface area (Å²) < 4.78 is 0. The summed E-state index contributed by atoms with van der Waals surface area (Å²) in [4.78, 5) is 4.14. The molecule has 0 aliphatic carbocycles. The number of nitrogens with zero attached hydrogens (tertiary/aromatic N) is 1. The Balaban J connectivity index is 2.59. The zero-order valence-corrected chi connectivity index (χ0v) is 11.1. The fourth-order valence-electron chi connectivity index (χ4n) is 1.89. The Morgan fingerprint density at radius 1 is 1.35 bits per heavy atom. The minimum absolute atomic E-state index is 0.413. The van der Waals surface area contributed by atoms with E-state index in [0.29, 0.717) is 22.5 Å². The van der Waals surface area contributed by atoms with Crippen molar-refractivity contribution in [3.63, 3.8) is 0 Å². The molecule has 0 bridgehead atoms. The minimum Gasteiger partial charge on any atom is -0.330 e. The molecule has 17 heavy (non-hydrogen) atoms. The Labute approximate surface area is 111 Å². The Morgan fingerprint density at radius 3 is 2.82 bits per heavy atom. The molecular weight excluding hydrogens is 255 g/mol. The number of nitrogens with two attached hydrogens (primary N) is 1. The summed E-state index contributed by atoms with van der Waals surface area (Å²) in [5.41, 5.74) is 6.81. The summed E-state index contributed by atoms with van der Waals surface area (Å²) in [5.74, 6) is 0.413. The molecule has 4 heteroatoms. The van der Waals surface area contributed by atoms with Gasteiger partial charge in [-0.3, -0.25) is 4.98 Å².